The molecule has 0 aromatic heterocycles. The van der Waals surface area contributed by atoms with E-state index in [9.17, 15) is 22.8 Å². The first-order chi connectivity index (χ1) is 16.2. The molecule has 9 nitrogen and oxygen atoms in total. The smallest absolute Gasteiger partial charge is 0.325 e. The van der Waals surface area contributed by atoms with Gasteiger partial charge in [-0.1, -0.05) is 70.4 Å². The molecule has 1 amide bonds. The number of amides is 1. The number of hydrogen-bond donors (Lipinski definition) is 3. The van der Waals surface area contributed by atoms with Gasteiger partial charge in [0.2, 0.25) is 5.91 Å². The number of aliphatic carboxylic acids is 1. The summed E-state index contributed by atoms with van der Waals surface area (Å²) < 4.78 is 35.3. The maximum atomic E-state index is 11.8. The van der Waals surface area contributed by atoms with Crippen molar-refractivity contribution in [1.82, 2.24) is 5.32 Å². The van der Waals surface area contributed by atoms with Gasteiger partial charge in [-0.05, 0) is 32.1 Å². The highest BCUT2D eigenvalue weighted by atomic mass is 32.2. The maximum absolute atomic E-state index is 11.8. The van der Waals surface area contributed by atoms with E-state index in [1.807, 2.05) is 0 Å². The van der Waals surface area contributed by atoms with Crippen LogP contribution < -0.4 is 5.32 Å². The minimum atomic E-state index is -4.91. The molecule has 0 heterocycles. The number of carbonyl (C=O) groups is 3. The van der Waals surface area contributed by atoms with Crippen LogP contribution in [-0.4, -0.2) is 54.3 Å². The second-order valence-electron chi connectivity index (χ2n) is 8.45. The molecule has 0 aliphatic rings. The van der Waals surface area contributed by atoms with Crippen molar-refractivity contribution in [1.29, 1.82) is 0 Å². The molecular weight excluding hydrogens is 462 g/mol. The van der Waals surface area contributed by atoms with Crippen molar-refractivity contribution >= 4 is 28.0 Å². The minimum absolute atomic E-state index is 0.0409. The topological polar surface area (TPSA) is 147 Å². The first-order valence-corrected chi connectivity index (χ1v) is 13.9. The van der Waals surface area contributed by atoms with Crippen molar-refractivity contribution in [2.75, 3.05) is 13.2 Å². The normalized spacial score (nSPS) is 12.5. The molecule has 198 valence electrons. The van der Waals surface area contributed by atoms with E-state index in [-0.39, 0.29) is 19.1 Å². The molecule has 0 aromatic rings. The third-order valence-electron chi connectivity index (χ3n) is 5.34. The fourth-order valence-electron chi connectivity index (χ4n) is 3.33. The van der Waals surface area contributed by atoms with Crippen LogP contribution in [0.5, 0.6) is 0 Å². The third kappa shape index (κ3) is 19.5. The molecule has 0 aliphatic heterocycles. The number of carbonyl (C=O) groups excluding carboxylic acids is 2. The summed E-state index contributed by atoms with van der Waals surface area (Å²) in [5, 5.41) is 9.04. The predicted molar refractivity (Wildman–Crippen MR) is 131 cm³/mol. The van der Waals surface area contributed by atoms with Gasteiger partial charge in [0.05, 0.1) is 13.0 Å². The van der Waals surface area contributed by atoms with Gasteiger partial charge in [0.25, 0.3) is 10.1 Å². The Balaban J connectivity index is 3.59. The molecule has 0 aliphatic carbocycles. The molecule has 0 saturated carbocycles. The van der Waals surface area contributed by atoms with Crippen LogP contribution in [0.4, 0.5) is 0 Å². The van der Waals surface area contributed by atoms with Crippen LogP contribution in [0.1, 0.15) is 103 Å². The quantitative estimate of drug-likeness (QED) is 0.0848. The molecule has 0 radical (unpaired) electrons. The summed E-state index contributed by atoms with van der Waals surface area (Å²) in [4.78, 5) is 34.0. The highest BCUT2D eigenvalue weighted by Crippen LogP contribution is 2.10. The Morgan fingerprint density at radius 3 is 1.94 bits per heavy atom. The van der Waals surface area contributed by atoms with Crippen molar-refractivity contribution < 1.29 is 37.2 Å². The lowest BCUT2D eigenvalue weighted by Crippen LogP contribution is -2.33. The first-order valence-electron chi connectivity index (χ1n) is 12.4. The predicted octanol–water partition coefficient (Wildman–Crippen LogP) is 4.41. The van der Waals surface area contributed by atoms with E-state index in [1.54, 1.807) is 0 Å². The van der Waals surface area contributed by atoms with Crippen LogP contribution in [0.2, 0.25) is 0 Å². The van der Waals surface area contributed by atoms with E-state index < -0.39 is 33.7 Å². The van der Waals surface area contributed by atoms with Gasteiger partial charge in [-0.3, -0.25) is 18.9 Å². The lowest BCUT2D eigenvalue weighted by Gasteiger charge is -2.10. The summed E-state index contributed by atoms with van der Waals surface area (Å²) in [6.07, 6.45) is 19.3. The second kappa shape index (κ2) is 20.4. The van der Waals surface area contributed by atoms with Crippen molar-refractivity contribution in [2.45, 2.75) is 108 Å². The molecule has 3 N–H and O–H groups in total. The van der Waals surface area contributed by atoms with Crippen molar-refractivity contribution in [3.05, 3.63) is 12.2 Å². The van der Waals surface area contributed by atoms with E-state index in [2.05, 4.69) is 24.4 Å². The molecule has 0 saturated heterocycles. The zero-order valence-corrected chi connectivity index (χ0v) is 21.3. The molecule has 34 heavy (non-hydrogen) atoms. The molecule has 0 aromatic carbocycles. The fourth-order valence-corrected chi connectivity index (χ4v) is 3.93. The molecule has 0 spiro atoms. The van der Waals surface area contributed by atoms with E-state index >= 15 is 0 Å². The third-order valence-corrected chi connectivity index (χ3v) is 6.43. The molecule has 0 rings (SSSR count). The number of ether oxygens (including phenoxy) is 1. The fraction of sp³-hybridized carbons (Fsp3) is 0.792. The van der Waals surface area contributed by atoms with Crippen molar-refractivity contribution in [3.8, 4) is 0 Å². The Morgan fingerprint density at radius 1 is 0.882 bits per heavy atom. The summed E-state index contributed by atoms with van der Waals surface area (Å²) in [5.74, 6) is -3.10. The lowest BCUT2D eigenvalue weighted by atomic mass is 10.1. The van der Waals surface area contributed by atoms with Gasteiger partial charge >= 0.3 is 11.9 Å². The molecule has 10 heteroatoms. The Labute approximate surface area is 204 Å². The summed E-state index contributed by atoms with van der Waals surface area (Å²) >= 11 is 0. The summed E-state index contributed by atoms with van der Waals surface area (Å²) in [7, 11) is -4.91. The van der Waals surface area contributed by atoms with Gasteiger partial charge in [0.1, 0.15) is 6.61 Å². The number of nitrogens with one attached hydrogen (secondary N) is 1. The Hall–Kier alpha value is -1.94. The molecule has 1 atom stereocenters. The van der Waals surface area contributed by atoms with Crippen molar-refractivity contribution in [3.63, 3.8) is 0 Å². The van der Waals surface area contributed by atoms with E-state index in [4.69, 9.17) is 14.4 Å². The van der Waals surface area contributed by atoms with Gasteiger partial charge in [0.15, 0.2) is 5.25 Å². The highest BCUT2D eigenvalue weighted by molar-refractivity contribution is 7.87. The van der Waals surface area contributed by atoms with Crippen LogP contribution in [-0.2, 0) is 29.2 Å². The Bertz CT molecular complexity index is 706. The number of hydrogen-bond acceptors (Lipinski definition) is 6. The van der Waals surface area contributed by atoms with Crippen molar-refractivity contribution in [2.24, 2.45) is 0 Å². The average molecular weight is 506 g/mol. The van der Waals surface area contributed by atoms with Crippen LogP contribution in [0.25, 0.3) is 0 Å². The largest absolute Gasteiger partial charge is 0.480 e. The molecular formula is C24H43NO8S. The summed E-state index contributed by atoms with van der Waals surface area (Å²) in [5.41, 5.74) is 0. The number of rotatable bonds is 22. The van der Waals surface area contributed by atoms with Gasteiger partial charge in [0, 0.05) is 6.42 Å². The van der Waals surface area contributed by atoms with Gasteiger partial charge < -0.3 is 15.2 Å². The van der Waals surface area contributed by atoms with Crippen LogP contribution in [0, 0.1) is 0 Å². The number of allylic oxidation sites excluding steroid dienone is 2. The number of esters is 1. The van der Waals surface area contributed by atoms with Gasteiger partial charge in [-0.15, -0.1) is 0 Å². The van der Waals surface area contributed by atoms with E-state index in [1.165, 1.54) is 44.9 Å². The molecule has 1 unspecified atom stereocenters. The van der Waals surface area contributed by atoms with Crippen LogP contribution >= 0.6 is 0 Å². The maximum Gasteiger partial charge on any atom is 0.325 e. The Morgan fingerprint density at radius 2 is 1.41 bits per heavy atom. The highest BCUT2D eigenvalue weighted by Gasteiger charge is 2.33. The van der Waals surface area contributed by atoms with E-state index in [0.717, 1.165) is 38.5 Å². The number of unbranched alkanes of at least 4 members (excludes halogenated alkanes) is 11. The standard InChI is InChI=1S/C24H43NO8S/c1-2-3-4-5-6-7-8-9-10-11-12-13-14-15-16-17-22(26)25-18-19-33-23(27)20-21(24(28)29)34(30,31)32/h9-10,21H,2-8,11-20H2,1H3,(H,25,26)(H,28,29)(H,30,31,32)/b10-9+. The monoisotopic (exact) mass is 505 g/mol. The van der Waals surface area contributed by atoms with Crippen LogP contribution in [0.15, 0.2) is 12.2 Å². The number of carboxylic acid groups (broad SMARTS) is 1. The summed E-state index contributed by atoms with van der Waals surface area (Å²) in [6, 6.07) is 0. The molecule has 0 bridgehead atoms. The minimum Gasteiger partial charge on any atom is -0.480 e. The SMILES string of the molecule is CCCCCCCC/C=C/CCCCCCCC(=O)NCCOC(=O)CC(C(=O)O)S(=O)(=O)O. The van der Waals surface area contributed by atoms with Gasteiger partial charge in [-0.25, -0.2) is 0 Å². The summed E-state index contributed by atoms with van der Waals surface area (Å²) in [6.45, 7) is 2.06. The second-order valence-corrected chi connectivity index (χ2v) is 10.0. The molecule has 0 fully saturated rings. The lowest BCUT2D eigenvalue weighted by molar-refractivity contribution is -0.147. The zero-order valence-electron chi connectivity index (χ0n) is 20.5. The Kier molecular flexibility index (Phi) is 19.3. The number of carboxylic acids is 1. The zero-order chi connectivity index (χ0) is 25.7. The van der Waals surface area contributed by atoms with E-state index in [0.29, 0.717) is 6.42 Å². The average Bonchev–Trinajstić information content (AvgIpc) is 2.76. The first kappa shape index (κ1) is 32.1. The van der Waals surface area contributed by atoms with Crippen LogP contribution in [0.3, 0.4) is 0 Å². The van der Waals surface area contributed by atoms with Gasteiger partial charge in [-0.2, -0.15) is 8.42 Å².